The Labute approximate surface area is 114 Å². The molecule has 0 spiro atoms. The minimum atomic E-state index is -1.14. The van der Waals surface area contributed by atoms with E-state index in [1.165, 1.54) is 12.1 Å². The van der Waals surface area contributed by atoms with Crippen molar-refractivity contribution >= 4 is 12.0 Å². The first-order valence-electron chi connectivity index (χ1n) is 5.88. The van der Waals surface area contributed by atoms with E-state index in [1.807, 2.05) is 6.07 Å². The van der Waals surface area contributed by atoms with Gasteiger partial charge in [-0.15, -0.1) is 0 Å². The number of carboxylic acid groups (broad SMARTS) is 1. The highest BCUT2D eigenvalue weighted by Gasteiger charge is 2.09. The molecule has 0 saturated heterocycles. The van der Waals surface area contributed by atoms with Gasteiger partial charge in [-0.2, -0.15) is 0 Å². The van der Waals surface area contributed by atoms with Gasteiger partial charge in [-0.3, -0.25) is 4.98 Å². The Morgan fingerprint density at radius 1 is 1.20 bits per heavy atom. The van der Waals surface area contributed by atoms with Crippen LogP contribution in [0.4, 0.5) is 4.79 Å². The lowest BCUT2D eigenvalue weighted by molar-refractivity contribution is 0.0660. The zero-order chi connectivity index (χ0) is 14.4. The maximum Gasteiger partial charge on any atom is 0.371 e. The Morgan fingerprint density at radius 2 is 2.00 bits per heavy atom. The lowest BCUT2D eigenvalue weighted by Crippen LogP contribution is -2.34. The molecular formula is C13H13N3O4. The SMILES string of the molecule is O=C(NCc1cccnc1)NCc1ccc(C(=O)O)o1. The third-order valence-electron chi connectivity index (χ3n) is 2.47. The number of hydrogen-bond donors (Lipinski definition) is 3. The fraction of sp³-hybridized carbons (Fsp3) is 0.154. The molecular weight excluding hydrogens is 262 g/mol. The molecule has 0 aliphatic rings. The fourth-order valence-corrected chi connectivity index (χ4v) is 1.50. The largest absolute Gasteiger partial charge is 0.475 e. The van der Waals surface area contributed by atoms with Crippen LogP contribution in [-0.4, -0.2) is 22.1 Å². The fourth-order valence-electron chi connectivity index (χ4n) is 1.50. The van der Waals surface area contributed by atoms with Crippen molar-refractivity contribution in [3.63, 3.8) is 0 Å². The van der Waals surface area contributed by atoms with Crippen molar-refractivity contribution in [2.75, 3.05) is 0 Å². The predicted octanol–water partition coefficient (Wildman–Crippen LogP) is 1.37. The summed E-state index contributed by atoms with van der Waals surface area (Å²) >= 11 is 0. The number of aromatic nitrogens is 1. The van der Waals surface area contributed by atoms with Crippen LogP contribution in [0.1, 0.15) is 21.9 Å². The molecule has 0 aliphatic carbocycles. The summed E-state index contributed by atoms with van der Waals surface area (Å²) in [7, 11) is 0. The molecule has 2 amide bonds. The Bertz CT molecular complexity index is 595. The Hall–Kier alpha value is -2.83. The monoisotopic (exact) mass is 275 g/mol. The summed E-state index contributed by atoms with van der Waals surface area (Å²) < 4.78 is 5.01. The zero-order valence-corrected chi connectivity index (χ0v) is 10.5. The first kappa shape index (κ1) is 13.6. The molecule has 0 aliphatic heterocycles. The number of nitrogens with zero attached hydrogens (tertiary/aromatic N) is 1. The Balaban J connectivity index is 1.76. The average molecular weight is 275 g/mol. The maximum absolute atomic E-state index is 11.5. The molecule has 7 heteroatoms. The zero-order valence-electron chi connectivity index (χ0n) is 10.5. The summed E-state index contributed by atoms with van der Waals surface area (Å²) in [6.07, 6.45) is 3.31. The number of furan rings is 1. The van der Waals surface area contributed by atoms with Crippen LogP contribution >= 0.6 is 0 Å². The second-order valence-electron chi connectivity index (χ2n) is 3.97. The molecule has 2 aromatic heterocycles. The second-order valence-corrected chi connectivity index (χ2v) is 3.97. The van der Waals surface area contributed by atoms with Gasteiger partial charge in [0.1, 0.15) is 5.76 Å². The maximum atomic E-state index is 11.5. The average Bonchev–Trinajstić information content (AvgIpc) is 2.93. The molecule has 104 valence electrons. The van der Waals surface area contributed by atoms with Crippen molar-refractivity contribution in [3.8, 4) is 0 Å². The first-order chi connectivity index (χ1) is 9.65. The van der Waals surface area contributed by atoms with E-state index in [1.54, 1.807) is 18.5 Å². The molecule has 2 heterocycles. The summed E-state index contributed by atoms with van der Waals surface area (Å²) in [6.45, 7) is 0.477. The molecule has 7 nitrogen and oxygen atoms in total. The molecule has 20 heavy (non-hydrogen) atoms. The van der Waals surface area contributed by atoms with E-state index >= 15 is 0 Å². The van der Waals surface area contributed by atoms with Gasteiger partial charge in [0.05, 0.1) is 6.54 Å². The number of amides is 2. The first-order valence-corrected chi connectivity index (χ1v) is 5.88. The van der Waals surface area contributed by atoms with Gasteiger partial charge in [0, 0.05) is 18.9 Å². The van der Waals surface area contributed by atoms with Crippen LogP contribution < -0.4 is 10.6 Å². The van der Waals surface area contributed by atoms with Gasteiger partial charge < -0.3 is 20.2 Å². The lowest BCUT2D eigenvalue weighted by atomic mass is 10.3. The minimum absolute atomic E-state index is 0.117. The number of pyridine rings is 1. The van der Waals surface area contributed by atoms with Crippen LogP contribution in [-0.2, 0) is 13.1 Å². The van der Waals surface area contributed by atoms with E-state index in [2.05, 4.69) is 15.6 Å². The highest BCUT2D eigenvalue weighted by molar-refractivity contribution is 5.84. The molecule has 0 saturated carbocycles. The van der Waals surface area contributed by atoms with E-state index in [4.69, 9.17) is 9.52 Å². The van der Waals surface area contributed by atoms with E-state index in [0.29, 0.717) is 12.3 Å². The normalized spacial score (nSPS) is 10.0. The van der Waals surface area contributed by atoms with E-state index in [9.17, 15) is 9.59 Å². The van der Waals surface area contributed by atoms with E-state index in [-0.39, 0.29) is 18.3 Å². The van der Waals surface area contributed by atoms with Gasteiger partial charge in [0.2, 0.25) is 5.76 Å². The van der Waals surface area contributed by atoms with Crippen LogP contribution in [0.3, 0.4) is 0 Å². The summed E-state index contributed by atoms with van der Waals surface area (Å²) in [6, 6.07) is 6.10. The van der Waals surface area contributed by atoms with E-state index in [0.717, 1.165) is 5.56 Å². The topological polar surface area (TPSA) is 104 Å². The number of urea groups is 1. The van der Waals surface area contributed by atoms with Crippen LogP contribution in [0, 0.1) is 0 Å². The highest BCUT2D eigenvalue weighted by atomic mass is 16.4. The Kier molecular flexibility index (Phi) is 4.33. The van der Waals surface area contributed by atoms with Gasteiger partial charge in [-0.05, 0) is 23.8 Å². The smallest absolute Gasteiger partial charge is 0.371 e. The third-order valence-corrected chi connectivity index (χ3v) is 2.47. The molecule has 0 unspecified atom stereocenters. The summed E-state index contributed by atoms with van der Waals surface area (Å²) in [4.78, 5) is 26.1. The van der Waals surface area contributed by atoms with Crippen LogP contribution in [0.2, 0.25) is 0 Å². The molecule has 2 rings (SSSR count). The minimum Gasteiger partial charge on any atom is -0.475 e. The molecule has 0 atom stereocenters. The van der Waals surface area contributed by atoms with Crippen molar-refractivity contribution < 1.29 is 19.1 Å². The molecule has 0 fully saturated rings. The predicted molar refractivity (Wildman–Crippen MR) is 69.0 cm³/mol. The number of carbonyl (C=O) groups is 2. The number of hydrogen-bond acceptors (Lipinski definition) is 4. The number of carboxylic acids is 1. The van der Waals surface area contributed by atoms with Crippen LogP contribution in [0.25, 0.3) is 0 Å². The van der Waals surface area contributed by atoms with Gasteiger partial charge in [0.25, 0.3) is 0 Å². The van der Waals surface area contributed by atoms with Crippen molar-refractivity contribution in [1.82, 2.24) is 15.6 Å². The molecule has 0 aromatic carbocycles. The van der Waals surface area contributed by atoms with Crippen LogP contribution in [0.5, 0.6) is 0 Å². The van der Waals surface area contributed by atoms with Gasteiger partial charge in [0.15, 0.2) is 0 Å². The van der Waals surface area contributed by atoms with Gasteiger partial charge in [-0.1, -0.05) is 6.07 Å². The van der Waals surface area contributed by atoms with Crippen molar-refractivity contribution in [2.45, 2.75) is 13.1 Å². The molecule has 3 N–H and O–H groups in total. The van der Waals surface area contributed by atoms with Gasteiger partial charge >= 0.3 is 12.0 Å². The third kappa shape index (κ3) is 3.84. The number of nitrogens with one attached hydrogen (secondary N) is 2. The highest BCUT2D eigenvalue weighted by Crippen LogP contribution is 2.07. The number of rotatable bonds is 5. The Morgan fingerprint density at radius 3 is 2.65 bits per heavy atom. The summed E-state index contributed by atoms with van der Waals surface area (Å²) in [5.41, 5.74) is 0.883. The quantitative estimate of drug-likeness (QED) is 0.764. The lowest BCUT2D eigenvalue weighted by Gasteiger charge is -2.06. The number of carbonyl (C=O) groups excluding carboxylic acids is 1. The second kappa shape index (κ2) is 6.37. The number of aromatic carboxylic acids is 1. The van der Waals surface area contributed by atoms with Gasteiger partial charge in [-0.25, -0.2) is 9.59 Å². The van der Waals surface area contributed by atoms with Crippen LogP contribution in [0.15, 0.2) is 41.1 Å². The van der Waals surface area contributed by atoms with E-state index < -0.39 is 5.97 Å². The molecule has 2 aromatic rings. The molecule has 0 bridgehead atoms. The standard InChI is InChI=1S/C13H13N3O4/c17-12(18)11-4-3-10(20-11)8-16-13(19)15-7-9-2-1-5-14-6-9/h1-6H,7-8H2,(H,17,18)(H2,15,16,19). The van der Waals surface area contributed by atoms with Crippen molar-refractivity contribution in [2.24, 2.45) is 0 Å². The summed E-state index contributed by atoms with van der Waals surface area (Å²) in [5.74, 6) is -0.922. The summed E-state index contributed by atoms with van der Waals surface area (Å²) in [5, 5.41) is 13.9. The van der Waals surface area contributed by atoms with Crippen molar-refractivity contribution in [3.05, 3.63) is 53.7 Å². The van der Waals surface area contributed by atoms with Crippen molar-refractivity contribution in [1.29, 1.82) is 0 Å². The molecule has 0 radical (unpaired) electrons.